The summed E-state index contributed by atoms with van der Waals surface area (Å²) in [7, 11) is 3.13. The molecule has 2 aromatic rings. The van der Waals surface area contributed by atoms with E-state index in [9.17, 15) is 9.90 Å². The van der Waals surface area contributed by atoms with Crippen LogP contribution in [0.4, 0.5) is 0 Å². The Morgan fingerprint density at radius 2 is 2.39 bits per heavy atom. The first-order valence-electron chi connectivity index (χ1n) is 5.61. The zero-order chi connectivity index (χ0) is 13.1. The Morgan fingerprint density at radius 1 is 1.61 bits per heavy atom. The van der Waals surface area contributed by atoms with Crippen LogP contribution in [0.25, 0.3) is 5.52 Å². The molecule has 0 aromatic carbocycles. The Labute approximate surface area is 104 Å². The highest BCUT2D eigenvalue weighted by Gasteiger charge is 2.20. The number of nitrogens with one attached hydrogen (secondary N) is 1. The summed E-state index contributed by atoms with van der Waals surface area (Å²) in [6.45, 7) is 0.732. The number of esters is 1. The van der Waals surface area contributed by atoms with Gasteiger partial charge in [-0.2, -0.15) is 0 Å². The maximum Gasteiger partial charge on any atom is 0.359 e. The molecule has 6 nitrogen and oxygen atoms in total. The molecule has 0 saturated heterocycles. The third kappa shape index (κ3) is 2.02. The van der Waals surface area contributed by atoms with Crippen LogP contribution in [0.15, 0.2) is 18.3 Å². The van der Waals surface area contributed by atoms with Crippen LogP contribution in [-0.2, 0) is 11.2 Å². The molecule has 2 N–H and O–H groups in total. The highest BCUT2D eigenvalue weighted by atomic mass is 16.5. The fourth-order valence-corrected chi connectivity index (χ4v) is 1.84. The summed E-state index contributed by atoms with van der Waals surface area (Å²) in [5.41, 5.74) is 0.525. The zero-order valence-corrected chi connectivity index (χ0v) is 10.3. The fourth-order valence-electron chi connectivity index (χ4n) is 1.84. The lowest BCUT2D eigenvalue weighted by Crippen LogP contribution is -2.12. The number of likely N-dealkylation sites (N-methyl/N-ethyl adjacent to an activating group) is 1. The standard InChI is InChI=1S/C12H15N3O3/c1-13-6-5-9-14-10(12(17)18-2)11-8(16)4-3-7-15(9)11/h3-4,7,13,16H,5-6H2,1-2H3. The van der Waals surface area contributed by atoms with Crippen LogP contribution < -0.4 is 5.32 Å². The number of hydrogen-bond acceptors (Lipinski definition) is 5. The number of carbonyl (C=O) groups is 1. The molecule has 0 aliphatic heterocycles. The van der Waals surface area contributed by atoms with E-state index < -0.39 is 5.97 Å². The Balaban J connectivity index is 2.60. The van der Waals surface area contributed by atoms with Gasteiger partial charge in [0.15, 0.2) is 5.69 Å². The van der Waals surface area contributed by atoms with E-state index in [4.69, 9.17) is 0 Å². The van der Waals surface area contributed by atoms with Crippen molar-refractivity contribution >= 4 is 11.5 Å². The van der Waals surface area contributed by atoms with Gasteiger partial charge in [-0.1, -0.05) is 0 Å². The van der Waals surface area contributed by atoms with Crippen molar-refractivity contribution in [2.75, 3.05) is 20.7 Å². The minimum atomic E-state index is -0.551. The number of aromatic nitrogens is 2. The number of hydrogen-bond donors (Lipinski definition) is 2. The van der Waals surface area contributed by atoms with Crippen molar-refractivity contribution in [1.82, 2.24) is 14.7 Å². The summed E-state index contributed by atoms with van der Waals surface area (Å²) in [5, 5.41) is 12.9. The number of ether oxygens (including phenoxy) is 1. The van der Waals surface area contributed by atoms with Gasteiger partial charge < -0.3 is 15.2 Å². The van der Waals surface area contributed by atoms with Crippen LogP contribution in [0.3, 0.4) is 0 Å². The number of pyridine rings is 1. The van der Waals surface area contributed by atoms with Crippen molar-refractivity contribution in [3.05, 3.63) is 29.8 Å². The molecular weight excluding hydrogens is 234 g/mol. The van der Waals surface area contributed by atoms with Crippen molar-refractivity contribution in [1.29, 1.82) is 0 Å². The van der Waals surface area contributed by atoms with Crippen molar-refractivity contribution < 1.29 is 14.6 Å². The molecule has 0 atom stereocenters. The van der Waals surface area contributed by atoms with E-state index in [1.54, 1.807) is 16.7 Å². The highest BCUT2D eigenvalue weighted by molar-refractivity contribution is 5.96. The number of aromatic hydroxyl groups is 1. The normalized spacial score (nSPS) is 10.8. The van der Waals surface area contributed by atoms with Crippen LogP contribution in [0.5, 0.6) is 5.75 Å². The highest BCUT2D eigenvalue weighted by Crippen LogP contribution is 2.23. The summed E-state index contributed by atoms with van der Waals surface area (Å²) in [6, 6.07) is 3.22. The van der Waals surface area contributed by atoms with E-state index in [-0.39, 0.29) is 11.4 Å². The summed E-state index contributed by atoms with van der Waals surface area (Å²) >= 11 is 0. The molecule has 0 bridgehead atoms. The molecule has 0 aliphatic carbocycles. The summed E-state index contributed by atoms with van der Waals surface area (Å²) in [4.78, 5) is 15.9. The van der Waals surface area contributed by atoms with Gasteiger partial charge in [-0.3, -0.25) is 4.40 Å². The van der Waals surface area contributed by atoms with Gasteiger partial charge in [-0.05, 0) is 19.2 Å². The SMILES string of the molecule is CNCCc1nc(C(=O)OC)c2c(O)cccn12. The minimum absolute atomic E-state index is 0.0149. The molecule has 2 aromatic heterocycles. The molecule has 0 unspecified atom stereocenters. The van der Waals surface area contributed by atoms with Crippen LogP contribution in [-0.4, -0.2) is 41.2 Å². The molecule has 2 rings (SSSR count). The molecular formula is C12H15N3O3. The number of nitrogens with zero attached hydrogens (tertiary/aromatic N) is 2. The van der Waals surface area contributed by atoms with Crippen molar-refractivity contribution in [3.8, 4) is 5.75 Å². The summed E-state index contributed by atoms with van der Waals surface area (Å²) in [5.74, 6) is 0.168. The second-order valence-electron chi connectivity index (χ2n) is 3.83. The number of fused-ring (bicyclic) bond motifs is 1. The van der Waals surface area contributed by atoms with Crippen molar-refractivity contribution in [2.45, 2.75) is 6.42 Å². The van der Waals surface area contributed by atoms with Gasteiger partial charge in [0.25, 0.3) is 0 Å². The van der Waals surface area contributed by atoms with Gasteiger partial charge in [0.2, 0.25) is 0 Å². The monoisotopic (exact) mass is 249 g/mol. The third-order valence-electron chi connectivity index (χ3n) is 2.69. The number of methoxy groups -OCH3 is 1. The molecule has 0 saturated carbocycles. The lowest BCUT2D eigenvalue weighted by molar-refractivity contribution is 0.0596. The van der Waals surface area contributed by atoms with Gasteiger partial charge in [-0.15, -0.1) is 0 Å². The lowest BCUT2D eigenvalue weighted by Gasteiger charge is -2.01. The van der Waals surface area contributed by atoms with Crippen molar-refractivity contribution in [2.24, 2.45) is 0 Å². The van der Waals surface area contributed by atoms with E-state index in [0.717, 1.165) is 6.54 Å². The molecule has 0 radical (unpaired) electrons. The van der Waals surface area contributed by atoms with E-state index >= 15 is 0 Å². The quantitative estimate of drug-likeness (QED) is 0.775. The van der Waals surface area contributed by atoms with E-state index in [2.05, 4.69) is 15.0 Å². The first-order valence-corrected chi connectivity index (χ1v) is 5.61. The van der Waals surface area contributed by atoms with E-state index in [0.29, 0.717) is 17.8 Å². The van der Waals surface area contributed by atoms with Crippen LogP contribution in [0, 0.1) is 0 Å². The van der Waals surface area contributed by atoms with Gasteiger partial charge in [0.05, 0.1) is 7.11 Å². The largest absolute Gasteiger partial charge is 0.506 e. The van der Waals surface area contributed by atoms with Gasteiger partial charge in [0, 0.05) is 19.2 Å². The molecule has 2 heterocycles. The average molecular weight is 249 g/mol. The van der Waals surface area contributed by atoms with E-state index in [1.165, 1.54) is 13.2 Å². The second-order valence-corrected chi connectivity index (χ2v) is 3.83. The fraction of sp³-hybridized carbons (Fsp3) is 0.333. The molecule has 18 heavy (non-hydrogen) atoms. The first-order chi connectivity index (χ1) is 8.69. The van der Waals surface area contributed by atoms with Crippen LogP contribution in [0.2, 0.25) is 0 Å². The maximum atomic E-state index is 11.6. The van der Waals surface area contributed by atoms with Crippen LogP contribution in [0.1, 0.15) is 16.3 Å². The van der Waals surface area contributed by atoms with Gasteiger partial charge in [0.1, 0.15) is 17.1 Å². The predicted molar refractivity (Wildman–Crippen MR) is 65.8 cm³/mol. The first kappa shape index (κ1) is 12.4. The lowest BCUT2D eigenvalue weighted by atomic mass is 10.3. The molecule has 96 valence electrons. The van der Waals surface area contributed by atoms with Gasteiger partial charge >= 0.3 is 5.97 Å². The summed E-state index contributed by atoms with van der Waals surface area (Å²) < 4.78 is 6.38. The average Bonchev–Trinajstić information content (AvgIpc) is 2.76. The molecule has 0 spiro atoms. The molecule has 0 aliphatic rings. The second kappa shape index (κ2) is 5.05. The Morgan fingerprint density at radius 3 is 3.06 bits per heavy atom. The number of imidazole rings is 1. The van der Waals surface area contributed by atoms with Crippen LogP contribution >= 0.6 is 0 Å². The Bertz CT molecular complexity index is 577. The Hall–Kier alpha value is -2.08. The zero-order valence-electron chi connectivity index (χ0n) is 10.3. The molecule has 0 amide bonds. The van der Waals surface area contributed by atoms with Gasteiger partial charge in [-0.25, -0.2) is 9.78 Å². The maximum absolute atomic E-state index is 11.6. The number of rotatable bonds is 4. The predicted octanol–water partition coefficient (Wildman–Crippen LogP) is 0.588. The molecule has 0 fully saturated rings. The van der Waals surface area contributed by atoms with Crippen molar-refractivity contribution in [3.63, 3.8) is 0 Å². The van der Waals surface area contributed by atoms with E-state index in [1.807, 2.05) is 7.05 Å². The third-order valence-corrected chi connectivity index (χ3v) is 2.69. The topological polar surface area (TPSA) is 75.9 Å². The number of carbonyl (C=O) groups excluding carboxylic acids is 1. The smallest absolute Gasteiger partial charge is 0.359 e. The Kier molecular flexibility index (Phi) is 3.47. The minimum Gasteiger partial charge on any atom is -0.506 e. The summed E-state index contributed by atoms with van der Waals surface area (Å²) in [6.07, 6.45) is 2.41. The molecule has 6 heteroatoms.